The third kappa shape index (κ3) is 3.77. The average Bonchev–Trinajstić information content (AvgIpc) is 2.46. The van der Waals surface area contributed by atoms with E-state index in [0.717, 1.165) is 14.8 Å². The summed E-state index contributed by atoms with van der Waals surface area (Å²) < 4.78 is 1.06. The smallest absolute Gasteiger partial charge is 0.170 e. The van der Waals surface area contributed by atoms with Crippen molar-refractivity contribution in [3.8, 4) is 0 Å². The van der Waals surface area contributed by atoms with Gasteiger partial charge < -0.3 is 16.3 Å². The molecule has 0 spiro atoms. The summed E-state index contributed by atoms with van der Waals surface area (Å²) in [5.74, 6) is 0.105. The topological polar surface area (TPSA) is 70.6 Å². The van der Waals surface area contributed by atoms with Gasteiger partial charge in [-0.1, -0.05) is 35.0 Å². The molecule has 0 aliphatic heterocycles. The number of hydrogen-bond acceptors (Lipinski definition) is 3. The lowest BCUT2D eigenvalue weighted by atomic mass is 10.1. The highest BCUT2D eigenvalue weighted by atomic mass is 127. The van der Waals surface area contributed by atoms with Crippen LogP contribution in [0.5, 0.6) is 0 Å². The molecule has 0 saturated carbocycles. The molecular weight excluding hydrogens is 389 g/mol. The number of rotatable bonds is 4. The lowest BCUT2D eigenvalue weighted by Gasteiger charge is -2.10. The number of oxime groups is 1. The van der Waals surface area contributed by atoms with Crippen LogP contribution in [0.4, 0.5) is 5.69 Å². The molecule has 104 valence electrons. The number of nitrogens with zero attached hydrogens (tertiary/aromatic N) is 1. The number of nitrogens with one attached hydrogen (secondary N) is 1. The molecule has 2 aromatic carbocycles. The summed E-state index contributed by atoms with van der Waals surface area (Å²) >= 11 is 8.16. The first kappa shape index (κ1) is 14.9. The Labute approximate surface area is 135 Å². The SMILES string of the molecule is N/C(=N/O)c1cccc(CNc2ccc(Cl)cc2I)c1. The molecule has 2 aromatic rings. The first-order chi connectivity index (χ1) is 9.60. The quantitative estimate of drug-likeness (QED) is 0.241. The van der Waals surface area contributed by atoms with Gasteiger partial charge in [-0.3, -0.25) is 0 Å². The molecule has 0 heterocycles. The van der Waals surface area contributed by atoms with E-state index in [4.69, 9.17) is 22.5 Å². The fourth-order valence-electron chi connectivity index (χ4n) is 1.73. The molecule has 2 rings (SSSR count). The van der Waals surface area contributed by atoms with Crippen molar-refractivity contribution in [3.05, 3.63) is 62.2 Å². The lowest BCUT2D eigenvalue weighted by Crippen LogP contribution is -2.13. The Morgan fingerprint density at radius 2 is 2.10 bits per heavy atom. The minimum atomic E-state index is 0.105. The average molecular weight is 402 g/mol. The maximum Gasteiger partial charge on any atom is 0.170 e. The number of amidine groups is 1. The molecular formula is C14H13ClIN3O. The van der Waals surface area contributed by atoms with Crippen molar-refractivity contribution in [1.29, 1.82) is 0 Å². The van der Waals surface area contributed by atoms with Crippen molar-refractivity contribution in [2.45, 2.75) is 6.54 Å². The van der Waals surface area contributed by atoms with Crippen LogP contribution in [0.15, 0.2) is 47.6 Å². The van der Waals surface area contributed by atoms with Crippen LogP contribution in [0.3, 0.4) is 0 Å². The molecule has 0 aliphatic rings. The van der Waals surface area contributed by atoms with Crippen LogP contribution in [0.25, 0.3) is 0 Å². The highest BCUT2D eigenvalue weighted by Crippen LogP contribution is 2.22. The van der Waals surface area contributed by atoms with Crippen molar-refractivity contribution in [3.63, 3.8) is 0 Å². The van der Waals surface area contributed by atoms with Crippen molar-refractivity contribution in [2.75, 3.05) is 5.32 Å². The molecule has 4 nitrogen and oxygen atoms in total. The standard InChI is InChI=1S/C14H13ClIN3O/c15-11-4-5-13(12(16)7-11)18-8-9-2-1-3-10(6-9)14(17)19-20/h1-7,18,20H,8H2,(H2,17,19). The van der Waals surface area contributed by atoms with Crippen LogP contribution in [-0.2, 0) is 6.54 Å². The third-order valence-electron chi connectivity index (χ3n) is 2.74. The predicted octanol–water partition coefficient (Wildman–Crippen LogP) is 3.65. The fourth-order valence-corrected chi connectivity index (χ4v) is 2.79. The zero-order chi connectivity index (χ0) is 14.5. The largest absolute Gasteiger partial charge is 0.409 e. The van der Waals surface area contributed by atoms with Gasteiger partial charge in [0.2, 0.25) is 0 Å². The van der Waals surface area contributed by atoms with Gasteiger partial charge in [0.25, 0.3) is 0 Å². The normalized spacial score (nSPS) is 11.4. The summed E-state index contributed by atoms with van der Waals surface area (Å²) in [6.45, 7) is 0.643. The summed E-state index contributed by atoms with van der Waals surface area (Å²) in [6.07, 6.45) is 0. The Balaban J connectivity index is 2.11. The number of hydrogen-bond donors (Lipinski definition) is 3. The van der Waals surface area contributed by atoms with Gasteiger partial charge in [-0.05, 0) is 52.4 Å². The van der Waals surface area contributed by atoms with Crippen molar-refractivity contribution < 1.29 is 5.21 Å². The van der Waals surface area contributed by atoms with Gasteiger partial charge in [-0.25, -0.2) is 0 Å². The van der Waals surface area contributed by atoms with Crippen molar-refractivity contribution in [1.82, 2.24) is 0 Å². The summed E-state index contributed by atoms with van der Waals surface area (Å²) in [4.78, 5) is 0. The van der Waals surface area contributed by atoms with Crippen LogP contribution in [-0.4, -0.2) is 11.0 Å². The van der Waals surface area contributed by atoms with E-state index in [9.17, 15) is 0 Å². The molecule has 0 amide bonds. The van der Waals surface area contributed by atoms with E-state index in [1.165, 1.54) is 0 Å². The molecule has 0 aromatic heterocycles. The molecule has 0 radical (unpaired) electrons. The third-order valence-corrected chi connectivity index (χ3v) is 3.87. The Hall–Kier alpha value is -1.47. The van der Waals surface area contributed by atoms with Crippen LogP contribution in [0, 0.1) is 3.57 Å². The van der Waals surface area contributed by atoms with Gasteiger partial charge in [0, 0.05) is 26.4 Å². The summed E-state index contributed by atoms with van der Waals surface area (Å²) in [5, 5.41) is 15.7. The van der Waals surface area contributed by atoms with Crippen molar-refractivity contribution >= 4 is 45.7 Å². The second kappa shape index (κ2) is 6.81. The van der Waals surface area contributed by atoms with E-state index in [0.29, 0.717) is 17.1 Å². The van der Waals surface area contributed by atoms with Gasteiger partial charge in [0.15, 0.2) is 5.84 Å². The van der Waals surface area contributed by atoms with E-state index < -0.39 is 0 Å². The number of halogens is 2. The molecule has 0 aliphatic carbocycles. The number of benzene rings is 2. The molecule has 4 N–H and O–H groups in total. The van der Waals surface area contributed by atoms with Crippen LogP contribution >= 0.6 is 34.2 Å². The maximum absolute atomic E-state index is 8.68. The van der Waals surface area contributed by atoms with E-state index in [2.05, 4.69) is 33.1 Å². The zero-order valence-corrected chi connectivity index (χ0v) is 13.4. The van der Waals surface area contributed by atoms with Gasteiger partial charge in [0.1, 0.15) is 0 Å². The summed E-state index contributed by atoms with van der Waals surface area (Å²) in [6, 6.07) is 13.2. The maximum atomic E-state index is 8.68. The lowest BCUT2D eigenvalue weighted by molar-refractivity contribution is 0.318. The highest BCUT2D eigenvalue weighted by Gasteiger charge is 2.03. The van der Waals surface area contributed by atoms with Crippen molar-refractivity contribution in [2.24, 2.45) is 10.9 Å². The molecule has 0 saturated heterocycles. The first-order valence-corrected chi connectivity index (χ1v) is 7.31. The summed E-state index contributed by atoms with van der Waals surface area (Å²) in [7, 11) is 0. The van der Waals surface area contributed by atoms with Crippen LogP contribution < -0.4 is 11.1 Å². The van der Waals surface area contributed by atoms with E-state index in [1.807, 2.05) is 36.4 Å². The minimum Gasteiger partial charge on any atom is -0.409 e. The van der Waals surface area contributed by atoms with Crippen LogP contribution in [0.1, 0.15) is 11.1 Å². The Morgan fingerprint density at radius 3 is 2.80 bits per heavy atom. The number of nitrogens with two attached hydrogens (primary N) is 1. The molecule has 6 heteroatoms. The Bertz CT molecular complexity index is 646. The fraction of sp³-hybridized carbons (Fsp3) is 0.0714. The predicted molar refractivity (Wildman–Crippen MR) is 90.4 cm³/mol. The van der Waals surface area contributed by atoms with E-state index in [1.54, 1.807) is 6.07 Å². The second-order valence-electron chi connectivity index (χ2n) is 4.16. The van der Waals surface area contributed by atoms with E-state index in [-0.39, 0.29) is 5.84 Å². The number of anilines is 1. The van der Waals surface area contributed by atoms with Gasteiger partial charge in [-0.2, -0.15) is 0 Å². The molecule has 20 heavy (non-hydrogen) atoms. The molecule has 0 fully saturated rings. The van der Waals surface area contributed by atoms with Gasteiger partial charge in [-0.15, -0.1) is 0 Å². The molecule has 0 atom stereocenters. The summed E-state index contributed by atoms with van der Waals surface area (Å²) in [5.41, 5.74) is 8.33. The molecule has 0 bridgehead atoms. The first-order valence-electron chi connectivity index (χ1n) is 5.86. The Kier molecular flexibility index (Phi) is 5.08. The van der Waals surface area contributed by atoms with Gasteiger partial charge in [0.05, 0.1) is 0 Å². The molecule has 0 unspecified atom stereocenters. The van der Waals surface area contributed by atoms with Crippen LogP contribution in [0.2, 0.25) is 5.02 Å². The van der Waals surface area contributed by atoms with Gasteiger partial charge >= 0.3 is 0 Å². The highest BCUT2D eigenvalue weighted by molar-refractivity contribution is 14.1. The minimum absolute atomic E-state index is 0.105. The Morgan fingerprint density at radius 1 is 1.30 bits per heavy atom. The van der Waals surface area contributed by atoms with E-state index >= 15 is 0 Å². The monoisotopic (exact) mass is 401 g/mol. The zero-order valence-electron chi connectivity index (χ0n) is 10.5. The second-order valence-corrected chi connectivity index (χ2v) is 5.76.